The molecular formula is C33H25F2N3. The number of nitrogens with zero attached hydrogens (tertiary/aromatic N) is 3. The zero-order valence-electron chi connectivity index (χ0n) is 20.5. The fraction of sp³-hybridized carbons (Fsp3) is 0. The first kappa shape index (κ1) is 26.0. The summed E-state index contributed by atoms with van der Waals surface area (Å²) in [6, 6.07) is 40.1. The van der Waals surface area contributed by atoms with Crippen molar-refractivity contribution in [3.05, 3.63) is 164 Å². The average Bonchev–Trinajstić information content (AvgIpc) is 3.00. The zero-order valence-corrected chi connectivity index (χ0v) is 20.5. The van der Waals surface area contributed by atoms with Crippen molar-refractivity contribution < 1.29 is 8.78 Å². The molecule has 3 heterocycles. The quantitative estimate of drug-likeness (QED) is 0.244. The van der Waals surface area contributed by atoms with Crippen LogP contribution < -0.4 is 0 Å². The second-order valence-electron chi connectivity index (χ2n) is 8.00. The van der Waals surface area contributed by atoms with Crippen molar-refractivity contribution in [2.75, 3.05) is 0 Å². The van der Waals surface area contributed by atoms with E-state index in [0.717, 1.165) is 22.5 Å². The fourth-order valence-corrected chi connectivity index (χ4v) is 3.49. The van der Waals surface area contributed by atoms with E-state index in [2.05, 4.69) is 27.1 Å². The van der Waals surface area contributed by atoms with E-state index in [0.29, 0.717) is 11.3 Å². The van der Waals surface area contributed by atoms with Gasteiger partial charge in [0.15, 0.2) is 0 Å². The summed E-state index contributed by atoms with van der Waals surface area (Å²) in [7, 11) is 0. The molecule has 0 aliphatic heterocycles. The summed E-state index contributed by atoms with van der Waals surface area (Å²) >= 11 is 0. The minimum absolute atomic E-state index is 0.223. The largest absolute Gasteiger partial charge is 0.256 e. The minimum Gasteiger partial charge on any atom is -0.256 e. The summed E-state index contributed by atoms with van der Waals surface area (Å²) in [4.78, 5) is 12.5. The molecule has 0 bridgehead atoms. The summed E-state index contributed by atoms with van der Waals surface area (Å²) in [5.74, 6) is -0.458. The number of hydrogen-bond acceptors (Lipinski definition) is 3. The summed E-state index contributed by atoms with van der Waals surface area (Å²) < 4.78 is 25.8. The molecular weight excluding hydrogens is 476 g/mol. The molecule has 3 nitrogen and oxygen atoms in total. The molecule has 0 N–H and O–H groups in total. The molecule has 0 atom stereocenters. The third-order valence-corrected chi connectivity index (χ3v) is 5.35. The first-order chi connectivity index (χ1) is 18.7. The van der Waals surface area contributed by atoms with E-state index >= 15 is 0 Å². The number of halogens is 2. The Morgan fingerprint density at radius 3 is 1.32 bits per heavy atom. The van der Waals surface area contributed by atoms with Crippen molar-refractivity contribution in [2.45, 2.75) is 0 Å². The van der Waals surface area contributed by atoms with Gasteiger partial charge in [-0.2, -0.15) is 0 Å². The summed E-state index contributed by atoms with van der Waals surface area (Å²) in [5.41, 5.74) is 5.20. The lowest BCUT2D eigenvalue weighted by Gasteiger charge is -2.00. The Hall–Kier alpha value is -5.03. The Morgan fingerprint density at radius 1 is 0.368 bits per heavy atom. The van der Waals surface area contributed by atoms with Crippen LogP contribution in [-0.2, 0) is 0 Å². The van der Waals surface area contributed by atoms with Crippen LogP contribution in [0.3, 0.4) is 0 Å². The van der Waals surface area contributed by atoms with E-state index < -0.39 is 0 Å². The van der Waals surface area contributed by atoms with Crippen LogP contribution >= 0.6 is 0 Å². The third kappa shape index (κ3) is 7.73. The lowest BCUT2D eigenvalue weighted by atomic mass is 10.1. The van der Waals surface area contributed by atoms with Crippen molar-refractivity contribution in [1.29, 1.82) is 0 Å². The Morgan fingerprint density at radius 2 is 0.816 bits per heavy atom. The SMILES string of the molecule is Fc1ccc(-c2ccccn2)cc1.Fc1ccccc1-c1ccccn1.c1ccc(-c2ccccn2)cc1. The smallest absolute Gasteiger partial charge is 0.132 e. The Balaban J connectivity index is 0.000000133. The normalized spacial score (nSPS) is 9.84. The van der Waals surface area contributed by atoms with E-state index in [1.165, 1.54) is 18.2 Å². The van der Waals surface area contributed by atoms with Gasteiger partial charge in [0.25, 0.3) is 0 Å². The molecule has 0 amide bonds. The van der Waals surface area contributed by atoms with Crippen LogP contribution in [-0.4, -0.2) is 15.0 Å². The maximum absolute atomic E-state index is 13.2. The molecule has 6 rings (SSSR count). The van der Waals surface area contributed by atoms with Gasteiger partial charge < -0.3 is 0 Å². The van der Waals surface area contributed by atoms with Crippen LogP contribution in [0.1, 0.15) is 0 Å². The monoisotopic (exact) mass is 501 g/mol. The van der Waals surface area contributed by atoms with Gasteiger partial charge in [-0.3, -0.25) is 15.0 Å². The minimum atomic E-state index is -0.235. The van der Waals surface area contributed by atoms with E-state index in [1.54, 1.807) is 48.8 Å². The van der Waals surface area contributed by atoms with E-state index in [1.807, 2.05) is 72.9 Å². The van der Waals surface area contributed by atoms with Gasteiger partial charge >= 0.3 is 0 Å². The topological polar surface area (TPSA) is 38.7 Å². The number of aromatic nitrogens is 3. The standard InChI is InChI=1S/2C11H8FN.C11H9N/c12-10-6-2-1-5-9(10)11-7-3-4-8-13-11;12-10-6-4-9(5-7-10)11-3-1-2-8-13-11;1-2-6-10(7-3-1)11-8-4-5-9-12-11/h2*1-8H;1-9H. The predicted molar refractivity (Wildman–Crippen MR) is 149 cm³/mol. The van der Waals surface area contributed by atoms with E-state index in [-0.39, 0.29) is 11.6 Å². The Bertz CT molecular complexity index is 1460. The molecule has 6 aromatic rings. The summed E-state index contributed by atoms with van der Waals surface area (Å²) in [6.45, 7) is 0. The van der Waals surface area contributed by atoms with Gasteiger partial charge in [-0.25, -0.2) is 8.78 Å². The van der Waals surface area contributed by atoms with Crippen molar-refractivity contribution in [3.63, 3.8) is 0 Å². The second-order valence-corrected chi connectivity index (χ2v) is 8.00. The van der Waals surface area contributed by atoms with Crippen LogP contribution in [0.5, 0.6) is 0 Å². The molecule has 0 aliphatic carbocycles. The van der Waals surface area contributed by atoms with Gasteiger partial charge in [0.1, 0.15) is 11.6 Å². The Kier molecular flexibility index (Phi) is 9.53. The van der Waals surface area contributed by atoms with Crippen LogP contribution in [0.2, 0.25) is 0 Å². The summed E-state index contributed by atoms with van der Waals surface area (Å²) in [6.07, 6.45) is 5.18. The van der Waals surface area contributed by atoms with Crippen LogP contribution in [0.15, 0.2) is 152 Å². The van der Waals surface area contributed by atoms with E-state index in [4.69, 9.17) is 0 Å². The molecule has 3 aromatic heterocycles. The fourth-order valence-electron chi connectivity index (χ4n) is 3.49. The van der Waals surface area contributed by atoms with Crippen LogP contribution in [0, 0.1) is 11.6 Å². The zero-order chi connectivity index (χ0) is 26.4. The van der Waals surface area contributed by atoms with Crippen molar-refractivity contribution in [3.8, 4) is 33.8 Å². The molecule has 0 fully saturated rings. The molecule has 3 aromatic carbocycles. The average molecular weight is 502 g/mol. The molecule has 0 radical (unpaired) electrons. The first-order valence-electron chi connectivity index (χ1n) is 12.0. The number of pyridine rings is 3. The molecule has 38 heavy (non-hydrogen) atoms. The number of benzene rings is 3. The first-order valence-corrected chi connectivity index (χ1v) is 12.0. The van der Waals surface area contributed by atoms with E-state index in [9.17, 15) is 8.78 Å². The number of rotatable bonds is 3. The van der Waals surface area contributed by atoms with Crippen molar-refractivity contribution >= 4 is 0 Å². The molecule has 0 aliphatic rings. The van der Waals surface area contributed by atoms with Gasteiger partial charge in [-0.15, -0.1) is 0 Å². The number of hydrogen-bond donors (Lipinski definition) is 0. The van der Waals surface area contributed by atoms with Crippen molar-refractivity contribution in [2.24, 2.45) is 0 Å². The molecule has 0 saturated carbocycles. The highest BCUT2D eigenvalue weighted by Gasteiger charge is 2.03. The summed E-state index contributed by atoms with van der Waals surface area (Å²) in [5, 5.41) is 0. The van der Waals surface area contributed by atoms with Gasteiger partial charge in [0.05, 0.1) is 17.1 Å². The van der Waals surface area contributed by atoms with Gasteiger partial charge in [-0.05, 0) is 72.8 Å². The molecule has 0 unspecified atom stereocenters. The second kappa shape index (κ2) is 13.9. The van der Waals surface area contributed by atoms with Gasteiger partial charge in [0, 0.05) is 35.3 Å². The molecule has 0 saturated heterocycles. The van der Waals surface area contributed by atoms with Gasteiger partial charge in [-0.1, -0.05) is 60.7 Å². The lowest BCUT2D eigenvalue weighted by molar-refractivity contribution is 0.628. The predicted octanol–water partition coefficient (Wildman–Crippen LogP) is 8.52. The maximum Gasteiger partial charge on any atom is 0.132 e. The molecule has 186 valence electrons. The van der Waals surface area contributed by atoms with Crippen LogP contribution in [0.25, 0.3) is 33.8 Å². The van der Waals surface area contributed by atoms with Crippen molar-refractivity contribution in [1.82, 2.24) is 15.0 Å². The lowest BCUT2D eigenvalue weighted by Crippen LogP contribution is -1.85. The highest BCUT2D eigenvalue weighted by Crippen LogP contribution is 2.19. The van der Waals surface area contributed by atoms with Gasteiger partial charge in [0.2, 0.25) is 0 Å². The third-order valence-electron chi connectivity index (χ3n) is 5.35. The highest BCUT2D eigenvalue weighted by molar-refractivity contribution is 5.60. The molecule has 0 spiro atoms. The molecule has 5 heteroatoms. The Labute approximate surface area is 221 Å². The van der Waals surface area contributed by atoms with Crippen LogP contribution in [0.4, 0.5) is 8.78 Å². The maximum atomic E-state index is 13.2. The highest BCUT2D eigenvalue weighted by atomic mass is 19.1.